The summed E-state index contributed by atoms with van der Waals surface area (Å²) < 4.78 is 0. The van der Waals surface area contributed by atoms with Gasteiger partial charge in [-0.25, -0.2) is 0 Å². The van der Waals surface area contributed by atoms with Gasteiger partial charge < -0.3 is 0 Å². The van der Waals surface area contributed by atoms with Crippen molar-refractivity contribution >= 4 is 0 Å². The largest absolute Gasteiger partial charge is 0.130 e. The first kappa shape index (κ1) is 16.5. The molecule has 0 aromatic carbocycles. The van der Waals surface area contributed by atoms with Gasteiger partial charge in [0, 0.05) is 0 Å². The quantitative estimate of drug-likeness (QED) is 0.271. The Kier molecular flexibility index (Phi) is 15.1. The van der Waals surface area contributed by atoms with Crippen molar-refractivity contribution in [2.45, 2.75) is 90.9 Å². The van der Waals surface area contributed by atoms with Crippen molar-refractivity contribution in [3.05, 3.63) is 17.9 Å². The highest BCUT2D eigenvalue weighted by Crippen LogP contribution is 2.06. The average molecular weight is 236 g/mol. The van der Waals surface area contributed by atoms with Crippen LogP contribution in [0.5, 0.6) is 0 Å². The number of allylic oxidation sites excluding steroid dienone is 1. The number of rotatable bonds is 12. The fraction of sp³-hybridized carbons (Fsp3) is 0.824. The summed E-state index contributed by atoms with van der Waals surface area (Å²) in [7, 11) is 0. The van der Waals surface area contributed by atoms with Crippen LogP contribution in [-0.4, -0.2) is 0 Å². The summed E-state index contributed by atoms with van der Waals surface area (Å²) in [6.07, 6.45) is 20.6. The van der Waals surface area contributed by atoms with Gasteiger partial charge in [0.25, 0.3) is 0 Å². The molecule has 17 heavy (non-hydrogen) atoms. The van der Waals surface area contributed by atoms with E-state index in [1.165, 1.54) is 77.0 Å². The lowest BCUT2D eigenvalue weighted by Crippen LogP contribution is -1.76. The Hall–Kier alpha value is -0.480. The zero-order valence-electron chi connectivity index (χ0n) is 12.1. The molecule has 0 aromatic rings. The lowest BCUT2D eigenvalue weighted by Gasteiger charge is -1.95. The van der Waals surface area contributed by atoms with Gasteiger partial charge in [-0.05, 0) is 37.8 Å². The SMILES string of the molecule is CCCCCCCC=C=CCCCCCCC. The first-order valence-corrected chi connectivity index (χ1v) is 7.81. The normalized spacial score (nSPS) is 10.0. The predicted molar refractivity (Wildman–Crippen MR) is 79.4 cm³/mol. The molecule has 0 heterocycles. The first-order valence-electron chi connectivity index (χ1n) is 7.81. The van der Waals surface area contributed by atoms with Gasteiger partial charge >= 0.3 is 0 Å². The molecule has 0 aliphatic heterocycles. The lowest BCUT2D eigenvalue weighted by atomic mass is 10.1. The summed E-state index contributed by atoms with van der Waals surface area (Å²) in [6.45, 7) is 4.53. The molecule has 0 unspecified atom stereocenters. The molecular weight excluding hydrogens is 204 g/mol. The van der Waals surface area contributed by atoms with Crippen LogP contribution in [0.2, 0.25) is 0 Å². The van der Waals surface area contributed by atoms with E-state index in [2.05, 4.69) is 31.7 Å². The van der Waals surface area contributed by atoms with E-state index in [1.807, 2.05) is 0 Å². The maximum atomic E-state index is 3.32. The minimum Gasteiger partial charge on any atom is -0.130 e. The third-order valence-electron chi connectivity index (χ3n) is 3.14. The molecule has 100 valence electrons. The van der Waals surface area contributed by atoms with Crippen LogP contribution >= 0.6 is 0 Å². The van der Waals surface area contributed by atoms with Crippen LogP contribution in [0.25, 0.3) is 0 Å². The molecule has 0 rings (SSSR count). The van der Waals surface area contributed by atoms with Crippen molar-refractivity contribution in [1.29, 1.82) is 0 Å². The van der Waals surface area contributed by atoms with Crippen molar-refractivity contribution in [2.24, 2.45) is 0 Å². The third kappa shape index (κ3) is 15.5. The molecule has 0 aromatic heterocycles. The molecule has 0 amide bonds. The minimum absolute atomic E-state index is 1.22. The molecule has 0 saturated carbocycles. The van der Waals surface area contributed by atoms with E-state index in [0.29, 0.717) is 0 Å². The van der Waals surface area contributed by atoms with Crippen molar-refractivity contribution in [3.63, 3.8) is 0 Å². The standard InChI is InChI=1S/C17H32/c1-3-5-7-9-11-13-15-17-16-14-12-10-8-6-4-2/h15-16H,3-14H2,1-2H3. The zero-order chi connectivity index (χ0) is 12.6. The monoisotopic (exact) mass is 236 g/mol. The van der Waals surface area contributed by atoms with Crippen LogP contribution in [-0.2, 0) is 0 Å². The summed E-state index contributed by atoms with van der Waals surface area (Å²) in [5.41, 5.74) is 3.32. The highest BCUT2D eigenvalue weighted by molar-refractivity contribution is 4.84. The molecule has 0 bridgehead atoms. The van der Waals surface area contributed by atoms with Gasteiger partial charge in [0.1, 0.15) is 0 Å². The van der Waals surface area contributed by atoms with Crippen molar-refractivity contribution < 1.29 is 0 Å². The van der Waals surface area contributed by atoms with Gasteiger partial charge in [0.05, 0.1) is 0 Å². The van der Waals surface area contributed by atoms with Gasteiger partial charge in [0.2, 0.25) is 0 Å². The summed E-state index contributed by atoms with van der Waals surface area (Å²) >= 11 is 0. The Bertz CT molecular complexity index is 166. The van der Waals surface area contributed by atoms with Crippen LogP contribution in [0.1, 0.15) is 90.9 Å². The van der Waals surface area contributed by atoms with Gasteiger partial charge in [-0.1, -0.05) is 65.2 Å². The summed E-state index contributed by atoms with van der Waals surface area (Å²) in [5, 5.41) is 0. The van der Waals surface area contributed by atoms with Gasteiger partial charge in [0.15, 0.2) is 0 Å². The highest BCUT2D eigenvalue weighted by atomic mass is 13.9. The molecule has 0 nitrogen and oxygen atoms in total. The maximum Gasteiger partial charge on any atom is -0.0274 e. The summed E-state index contributed by atoms with van der Waals surface area (Å²) in [4.78, 5) is 0. The fourth-order valence-corrected chi connectivity index (χ4v) is 1.95. The average Bonchev–Trinajstić information content (AvgIpc) is 2.35. The molecule has 0 atom stereocenters. The molecule has 0 fully saturated rings. The van der Waals surface area contributed by atoms with Crippen molar-refractivity contribution in [1.82, 2.24) is 0 Å². The first-order chi connectivity index (χ1) is 8.41. The molecule has 0 aliphatic carbocycles. The van der Waals surface area contributed by atoms with E-state index < -0.39 is 0 Å². The maximum absolute atomic E-state index is 3.32. The van der Waals surface area contributed by atoms with E-state index in [4.69, 9.17) is 0 Å². The van der Waals surface area contributed by atoms with Crippen molar-refractivity contribution in [3.8, 4) is 0 Å². The van der Waals surface area contributed by atoms with E-state index >= 15 is 0 Å². The third-order valence-corrected chi connectivity index (χ3v) is 3.14. The Morgan fingerprint density at radius 3 is 1.41 bits per heavy atom. The Morgan fingerprint density at radius 1 is 0.588 bits per heavy atom. The Labute approximate surface area is 109 Å². The Morgan fingerprint density at radius 2 is 1.00 bits per heavy atom. The molecule has 0 heteroatoms. The van der Waals surface area contributed by atoms with E-state index in [0.717, 1.165) is 0 Å². The number of unbranched alkanes of at least 4 members (excludes halogenated alkanes) is 10. The molecule has 0 spiro atoms. The molecule has 0 saturated heterocycles. The minimum atomic E-state index is 1.22. The topological polar surface area (TPSA) is 0 Å². The Balaban J connectivity index is 3.15. The second-order valence-corrected chi connectivity index (χ2v) is 4.98. The van der Waals surface area contributed by atoms with Gasteiger partial charge in [-0.15, -0.1) is 5.73 Å². The second-order valence-electron chi connectivity index (χ2n) is 4.98. The fourth-order valence-electron chi connectivity index (χ4n) is 1.95. The van der Waals surface area contributed by atoms with Gasteiger partial charge in [-0.3, -0.25) is 0 Å². The van der Waals surface area contributed by atoms with Crippen LogP contribution in [0, 0.1) is 0 Å². The lowest BCUT2D eigenvalue weighted by molar-refractivity contribution is 0.636. The van der Waals surface area contributed by atoms with Crippen LogP contribution in [0.3, 0.4) is 0 Å². The molecule has 0 aliphatic rings. The van der Waals surface area contributed by atoms with Gasteiger partial charge in [-0.2, -0.15) is 0 Å². The van der Waals surface area contributed by atoms with Crippen molar-refractivity contribution in [2.75, 3.05) is 0 Å². The number of hydrogen-bond acceptors (Lipinski definition) is 0. The number of hydrogen-bond donors (Lipinski definition) is 0. The predicted octanol–water partition coefficient (Wildman–Crippen LogP) is 6.42. The molecular formula is C17H32. The van der Waals surface area contributed by atoms with E-state index in [-0.39, 0.29) is 0 Å². The van der Waals surface area contributed by atoms with E-state index in [1.54, 1.807) is 0 Å². The second kappa shape index (κ2) is 15.5. The summed E-state index contributed by atoms with van der Waals surface area (Å²) in [5.74, 6) is 0. The smallest absolute Gasteiger partial charge is 0.0274 e. The van der Waals surface area contributed by atoms with Crippen LogP contribution in [0.15, 0.2) is 17.9 Å². The summed E-state index contributed by atoms with van der Waals surface area (Å²) in [6, 6.07) is 0. The molecule has 0 radical (unpaired) electrons. The van der Waals surface area contributed by atoms with Crippen LogP contribution in [0.4, 0.5) is 0 Å². The molecule has 0 N–H and O–H groups in total. The van der Waals surface area contributed by atoms with Crippen LogP contribution < -0.4 is 0 Å². The highest BCUT2D eigenvalue weighted by Gasteiger charge is 1.86. The van der Waals surface area contributed by atoms with E-state index in [9.17, 15) is 0 Å². The zero-order valence-corrected chi connectivity index (χ0v) is 12.1.